The number of esters is 1. The van der Waals surface area contributed by atoms with E-state index in [0.717, 1.165) is 0 Å². The van der Waals surface area contributed by atoms with Crippen molar-refractivity contribution in [2.24, 2.45) is 0 Å². The number of carbonyl (C=O) groups is 1. The molecule has 0 saturated carbocycles. The third-order valence-electron chi connectivity index (χ3n) is 5.01. The maximum atomic E-state index is 12.7. The third-order valence-corrected chi connectivity index (χ3v) is 5.24. The van der Waals surface area contributed by atoms with Crippen molar-refractivity contribution in [1.82, 2.24) is 20.0 Å². The van der Waals surface area contributed by atoms with Gasteiger partial charge in [0.05, 0.1) is 31.2 Å². The van der Waals surface area contributed by atoms with Crippen molar-refractivity contribution in [3.63, 3.8) is 0 Å². The number of nitrogens with zero attached hydrogens (tertiary/aromatic N) is 4. The van der Waals surface area contributed by atoms with Crippen molar-refractivity contribution in [1.29, 1.82) is 0 Å². The van der Waals surface area contributed by atoms with Crippen molar-refractivity contribution in [3.8, 4) is 28.6 Å². The van der Waals surface area contributed by atoms with Crippen molar-refractivity contribution >= 4 is 17.6 Å². The summed E-state index contributed by atoms with van der Waals surface area (Å²) in [5.41, 5.74) is 2.42. The topological polar surface area (TPSA) is 102 Å². The Bertz CT molecular complexity index is 1310. The molecule has 0 N–H and O–H groups in total. The van der Waals surface area contributed by atoms with E-state index in [9.17, 15) is 4.79 Å². The van der Waals surface area contributed by atoms with Crippen molar-refractivity contribution in [2.75, 3.05) is 14.2 Å². The van der Waals surface area contributed by atoms with Crippen LogP contribution in [0.1, 0.15) is 27.6 Å². The van der Waals surface area contributed by atoms with Gasteiger partial charge >= 0.3 is 5.97 Å². The lowest BCUT2D eigenvalue weighted by atomic mass is 10.2. The van der Waals surface area contributed by atoms with E-state index in [4.69, 9.17) is 30.2 Å². The number of aromatic nitrogens is 4. The Kier molecular flexibility index (Phi) is 6.32. The highest BCUT2D eigenvalue weighted by molar-refractivity contribution is 6.30. The average molecular weight is 469 g/mol. The van der Waals surface area contributed by atoms with Crippen molar-refractivity contribution < 1.29 is 23.4 Å². The van der Waals surface area contributed by atoms with Gasteiger partial charge < -0.3 is 18.6 Å². The molecule has 170 valence electrons. The monoisotopic (exact) mass is 468 g/mol. The Morgan fingerprint density at radius 1 is 1.12 bits per heavy atom. The molecule has 0 aliphatic heterocycles. The number of halogens is 1. The van der Waals surface area contributed by atoms with Gasteiger partial charge in [-0.25, -0.2) is 14.5 Å². The molecule has 0 saturated heterocycles. The molecule has 0 aliphatic carbocycles. The number of para-hydroxylation sites is 1. The van der Waals surface area contributed by atoms with E-state index in [1.165, 1.54) is 4.68 Å². The Morgan fingerprint density at radius 2 is 1.91 bits per heavy atom. The molecule has 0 bridgehead atoms. The van der Waals surface area contributed by atoms with Gasteiger partial charge in [-0.3, -0.25) is 0 Å². The molecule has 0 amide bonds. The molecule has 0 atom stereocenters. The molecule has 4 rings (SSSR count). The highest BCUT2D eigenvalue weighted by Crippen LogP contribution is 2.38. The van der Waals surface area contributed by atoms with Crippen LogP contribution in [0, 0.1) is 13.8 Å². The minimum atomic E-state index is -0.622. The first-order chi connectivity index (χ1) is 15.9. The lowest BCUT2D eigenvalue weighted by Crippen LogP contribution is -2.09. The first-order valence-electron chi connectivity index (χ1n) is 9.96. The quantitative estimate of drug-likeness (QED) is 0.363. The van der Waals surface area contributed by atoms with Crippen LogP contribution in [-0.2, 0) is 11.3 Å². The summed E-state index contributed by atoms with van der Waals surface area (Å²) in [6, 6.07) is 12.5. The summed E-state index contributed by atoms with van der Waals surface area (Å²) in [6.45, 7) is 3.38. The van der Waals surface area contributed by atoms with Crippen LogP contribution in [-0.4, -0.2) is 40.2 Å². The summed E-state index contributed by atoms with van der Waals surface area (Å²) in [5, 5.41) is 8.57. The first kappa shape index (κ1) is 22.3. The largest absolute Gasteiger partial charge is 0.493 e. The Balaban J connectivity index is 1.52. The van der Waals surface area contributed by atoms with Crippen molar-refractivity contribution in [3.05, 3.63) is 70.3 Å². The van der Waals surface area contributed by atoms with Crippen LogP contribution in [0.5, 0.6) is 11.5 Å². The number of hydrogen-bond donors (Lipinski definition) is 0. The zero-order valence-corrected chi connectivity index (χ0v) is 19.2. The van der Waals surface area contributed by atoms with Gasteiger partial charge in [-0.2, -0.15) is 0 Å². The van der Waals surface area contributed by atoms with E-state index in [-0.39, 0.29) is 12.3 Å². The molecular weight excluding hydrogens is 448 g/mol. The molecule has 9 nitrogen and oxygen atoms in total. The van der Waals surface area contributed by atoms with Crippen LogP contribution in [0.15, 0.2) is 46.9 Å². The maximum Gasteiger partial charge on any atom is 0.361 e. The molecule has 2 heterocycles. The van der Waals surface area contributed by atoms with E-state index >= 15 is 0 Å². The molecule has 0 aliphatic rings. The van der Waals surface area contributed by atoms with Gasteiger partial charge in [0.2, 0.25) is 5.89 Å². The standard InChI is InChI=1S/C23H21ClN4O5/c1-13-20(26-27-28(13)16-8-5-7-15(24)11-16)23(29)32-12-18-14(2)33-22(25-18)17-9-6-10-19(30-3)21(17)31-4/h5-11H,12H2,1-4H3. The zero-order valence-electron chi connectivity index (χ0n) is 18.5. The van der Waals surface area contributed by atoms with E-state index in [2.05, 4.69) is 15.3 Å². The second-order valence-electron chi connectivity index (χ2n) is 7.05. The normalized spacial score (nSPS) is 10.8. The summed E-state index contributed by atoms with van der Waals surface area (Å²) < 4.78 is 23.5. The van der Waals surface area contributed by atoms with Gasteiger partial charge in [0.15, 0.2) is 17.2 Å². The third kappa shape index (κ3) is 4.40. The Hall–Kier alpha value is -3.85. The first-order valence-corrected chi connectivity index (χ1v) is 10.3. The molecule has 0 spiro atoms. The van der Waals surface area contributed by atoms with E-state index < -0.39 is 5.97 Å². The summed E-state index contributed by atoms with van der Waals surface area (Å²) in [6.07, 6.45) is 0. The van der Waals surface area contributed by atoms with Gasteiger partial charge in [0, 0.05) is 5.02 Å². The molecule has 2 aromatic heterocycles. The van der Waals surface area contributed by atoms with Gasteiger partial charge in [-0.15, -0.1) is 5.10 Å². The number of aryl methyl sites for hydroxylation is 1. The number of oxazole rings is 1. The Morgan fingerprint density at radius 3 is 2.64 bits per heavy atom. The fourth-order valence-corrected chi connectivity index (χ4v) is 3.49. The second kappa shape index (κ2) is 9.33. The molecule has 0 fully saturated rings. The van der Waals surface area contributed by atoms with E-state index in [1.54, 1.807) is 58.4 Å². The molecule has 10 heteroatoms. The van der Waals surface area contributed by atoms with Crippen LogP contribution in [0.4, 0.5) is 0 Å². The summed E-state index contributed by atoms with van der Waals surface area (Å²) in [5.74, 6) is 1.28. The molecule has 0 unspecified atom stereocenters. The molecule has 2 aromatic carbocycles. The van der Waals surface area contributed by atoms with E-state index in [0.29, 0.717) is 50.8 Å². The molecule has 0 radical (unpaired) electrons. The van der Waals surface area contributed by atoms with Gasteiger partial charge in [-0.1, -0.05) is 28.9 Å². The number of ether oxygens (including phenoxy) is 3. The SMILES string of the molecule is COc1cccc(-c2nc(COC(=O)c3nnn(-c4cccc(Cl)c4)c3C)c(C)o2)c1OC. The van der Waals surface area contributed by atoms with Gasteiger partial charge in [0.25, 0.3) is 0 Å². The van der Waals surface area contributed by atoms with Crippen LogP contribution in [0.25, 0.3) is 17.1 Å². The number of carbonyl (C=O) groups excluding carboxylic acids is 1. The van der Waals surface area contributed by atoms with Crippen LogP contribution in [0.3, 0.4) is 0 Å². The predicted molar refractivity (Wildman–Crippen MR) is 120 cm³/mol. The zero-order chi connectivity index (χ0) is 23.5. The second-order valence-corrected chi connectivity index (χ2v) is 7.49. The minimum absolute atomic E-state index is 0.0933. The number of rotatable bonds is 7. The van der Waals surface area contributed by atoms with Crippen LogP contribution >= 0.6 is 11.6 Å². The number of methoxy groups -OCH3 is 2. The highest BCUT2D eigenvalue weighted by Gasteiger charge is 2.22. The molecule has 33 heavy (non-hydrogen) atoms. The molecule has 4 aromatic rings. The highest BCUT2D eigenvalue weighted by atomic mass is 35.5. The number of hydrogen-bond acceptors (Lipinski definition) is 8. The smallest absolute Gasteiger partial charge is 0.361 e. The van der Waals surface area contributed by atoms with Gasteiger partial charge in [0.1, 0.15) is 18.1 Å². The minimum Gasteiger partial charge on any atom is -0.493 e. The Labute approximate surface area is 194 Å². The summed E-state index contributed by atoms with van der Waals surface area (Å²) in [7, 11) is 3.09. The summed E-state index contributed by atoms with van der Waals surface area (Å²) in [4.78, 5) is 17.1. The lowest BCUT2D eigenvalue weighted by molar-refractivity contribution is 0.0459. The van der Waals surface area contributed by atoms with Crippen LogP contribution < -0.4 is 9.47 Å². The lowest BCUT2D eigenvalue weighted by Gasteiger charge is -2.09. The maximum absolute atomic E-state index is 12.7. The predicted octanol–water partition coefficient (Wildman–Crippen LogP) is 4.57. The van der Waals surface area contributed by atoms with Crippen molar-refractivity contribution in [2.45, 2.75) is 20.5 Å². The average Bonchev–Trinajstić information content (AvgIpc) is 3.39. The van der Waals surface area contributed by atoms with E-state index in [1.807, 2.05) is 12.1 Å². The fourth-order valence-electron chi connectivity index (χ4n) is 3.31. The van der Waals surface area contributed by atoms with Crippen LogP contribution in [0.2, 0.25) is 5.02 Å². The summed E-state index contributed by atoms with van der Waals surface area (Å²) >= 11 is 6.05. The fraction of sp³-hybridized carbons (Fsp3) is 0.217. The molecular formula is C23H21ClN4O5. The number of benzene rings is 2. The van der Waals surface area contributed by atoms with Gasteiger partial charge in [-0.05, 0) is 44.2 Å².